The van der Waals surface area contributed by atoms with Gasteiger partial charge in [0.15, 0.2) is 6.10 Å². The van der Waals surface area contributed by atoms with Crippen molar-refractivity contribution in [2.75, 3.05) is 6.61 Å². The second-order valence-corrected chi connectivity index (χ2v) is 6.84. The highest BCUT2D eigenvalue weighted by molar-refractivity contribution is 5.85. The van der Waals surface area contributed by atoms with Gasteiger partial charge >= 0.3 is 5.97 Å². The lowest BCUT2D eigenvalue weighted by Crippen LogP contribution is -2.63. The number of ether oxygens (including phenoxy) is 1. The van der Waals surface area contributed by atoms with Crippen LogP contribution in [0.25, 0.3) is 0 Å². The van der Waals surface area contributed by atoms with Crippen molar-refractivity contribution in [3.05, 3.63) is 11.1 Å². The van der Waals surface area contributed by atoms with Gasteiger partial charge in [0, 0.05) is 0 Å². The van der Waals surface area contributed by atoms with Crippen molar-refractivity contribution in [3.8, 4) is 0 Å². The third kappa shape index (κ3) is 1.46. The van der Waals surface area contributed by atoms with Crippen LogP contribution in [0.2, 0.25) is 0 Å². The standard InChI is InChI=1S/C15H22O5/c1-9-4-3-5-13(2)6-7-14(18)11(10(9)13)20-12(17)15(14,19)8-16/h11,16,18-19H,3-8H2,1-2H3/t11-,13+,14-,15?/m0/s1. The molecule has 1 heterocycles. The number of rotatable bonds is 1. The Balaban J connectivity index is 2.13. The zero-order valence-corrected chi connectivity index (χ0v) is 12.0. The second-order valence-electron chi connectivity index (χ2n) is 6.84. The van der Waals surface area contributed by atoms with Gasteiger partial charge in [-0.1, -0.05) is 12.5 Å². The van der Waals surface area contributed by atoms with Gasteiger partial charge in [0.1, 0.15) is 5.60 Å². The molecule has 1 aliphatic heterocycles. The van der Waals surface area contributed by atoms with Gasteiger partial charge in [0.25, 0.3) is 0 Å². The molecule has 3 N–H and O–H groups in total. The highest BCUT2D eigenvalue weighted by Gasteiger charge is 2.71. The fourth-order valence-corrected chi connectivity index (χ4v) is 4.33. The highest BCUT2D eigenvalue weighted by atomic mass is 16.6. The van der Waals surface area contributed by atoms with Crippen molar-refractivity contribution in [2.45, 2.75) is 63.3 Å². The molecule has 0 aromatic rings. The number of carbonyl (C=O) groups excluding carboxylic acids is 1. The maximum atomic E-state index is 12.0. The van der Waals surface area contributed by atoms with Crippen LogP contribution < -0.4 is 0 Å². The molecule has 5 heteroatoms. The van der Waals surface area contributed by atoms with Crippen molar-refractivity contribution < 1.29 is 24.9 Å². The molecule has 3 aliphatic rings. The molecule has 2 fully saturated rings. The van der Waals surface area contributed by atoms with Crippen molar-refractivity contribution in [2.24, 2.45) is 5.41 Å². The topological polar surface area (TPSA) is 87.0 Å². The van der Waals surface area contributed by atoms with Crippen molar-refractivity contribution >= 4 is 5.97 Å². The minimum absolute atomic E-state index is 0.0831. The predicted molar refractivity (Wildman–Crippen MR) is 70.8 cm³/mol. The number of hydrogen-bond donors (Lipinski definition) is 3. The van der Waals surface area contributed by atoms with Crippen LogP contribution in [0, 0.1) is 5.41 Å². The average molecular weight is 282 g/mol. The molecule has 1 saturated heterocycles. The molecular formula is C15H22O5. The minimum atomic E-state index is -2.20. The van der Waals surface area contributed by atoms with Crippen LogP contribution in [0.15, 0.2) is 11.1 Å². The molecule has 0 spiro atoms. The Hall–Kier alpha value is -0.910. The SMILES string of the molecule is CC1=C2[C@@H]3OC(=O)C(O)(CO)[C@]3(O)CC[C@@]2(C)CCC1. The number of allylic oxidation sites excluding steroid dienone is 1. The van der Waals surface area contributed by atoms with Crippen molar-refractivity contribution in [1.82, 2.24) is 0 Å². The smallest absolute Gasteiger partial charge is 0.344 e. The van der Waals surface area contributed by atoms with Crippen LogP contribution in [0.4, 0.5) is 0 Å². The lowest BCUT2D eigenvalue weighted by molar-refractivity contribution is -0.178. The first-order valence-corrected chi connectivity index (χ1v) is 7.25. The summed E-state index contributed by atoms with van der Waals surface area (Å²) in [5.41, 5.74) is -1.91. The lowest BCUT2D eigenvalue weighted by atomic mass is 9.57. The summed E-state index contributed by atoms with van der Waals surface area (Å²) in [4.78, 5) is 12.0. The van der Waals surface area contributed by atoms with E-state index in [1.807, 2.05) is 6.92 Å². The summed E-state index contributed by atoms with van der Waals surface area (Å²) in [5, 5.41) is 30.7. The molecule has 1 unspecified atom stereocenters. The maximum absolute atomic E-state index is 12.0. The van der Waals surface area contributed by atoms with Crippen molar-refractivity contribution in [3.63, 3.8) is 0 Å². The fraction of sp³-hybridized carbons (Fsp3) is 0.800. The van der Waals surface area contributed by atoms with Crippen LogP contribution >= 0.6 is 0 Å². The Morgan fingerprint density at radius 3 is 2.65 bits per heavy atom. The summed E-state index contributed by atoms with van der Waals surface area (Å²) in [6.07, 6.45) is 3.13. The number of fused-ring (bicyclic) bond motifs is 3. The summed E-state index contributed by atoms with van der Waals surface area (Å²) in [6, 6.07) is 0. The van der Waals surface area contributed by atoms with Gasteiger partial charge < -0.3 is 20.1 Å². The molecule has 2 aliphatic carbocycles. The van der Waals surface area contributed by atoms with E-state index >= 15 is 0 Å². The first-order valence-electron chi connectivity index (χ1n) is 7.25. The quantitative estimate of drug-likeness (QED) is 0.486. The molecule has 112 valence electrons. The zero-order valence-electron chi connectivity index (χ0n) is 12.0. The summed E-state index contributed by atoms with van der Waals surface area (Å²) < 4.78 is 5.32. The van der Waals surface area contributed by atoms with E-state index in [0.29, 0.717) is 6.42 Å². The Bertz CT molecular complexity index is 498. The fourth-order valence-electron chi connectivity index (χ4n) is 4.33. The molecule has 0 aromatic carbocycles. The highest BCUT2D eigenvalue weighted by Crippen LogP contribution is 2.57. The van der Waals surface area contributed by atoms with Crippen molar-refractivity contribution in [1.29, 1.82) is 0 Å². The number of aliphatic hydroxyl groups excluding tert-OH is 1. The van der Waals surface area contributed by atoms with Crippen LogP contribution in [0.1, 0.15) is 46.0 Å². The molecule has 0 amide bonds. The molecular weight excluding hydrogens is 260 g/mol. The van der Waals surface area contributed by atoms with Crippen LogP contribution in [-0.2, 0) is 9.53 Å². The molecule has 3 rings (SSSR count). The third-order valence-electron chi connectivity index (χ3n) is 5.65. The van der Waals surface area contributed by atoms with E-state index in [-0.39, 0.29) is 11.8 Å². The minimum Gasteiger partial charge on any atom is -0.452 e. The van der Waals surface area contributed by atoms with E-state index in [2.05, 4.69) is 6.92 Å². The molecule has 4 atom stereocenters. The van der Waals surface area contributed by atoms with Gasteiger partial charge in [-0.25, -0.2) is 4.79 Å². The Morgan fingerprint density at radius 2 is 2.00 bits per heavy atom. The van der Waals surface area contributed by atoms with Crippen LogP contribution in [0.3, 0.4) is 0 Å². The summed E-state index contributed by atoms with van der Waals surface area (Å²) >= 11 is 0. The molecule has 0 radical (unpaired) electrons. The molecule has 1 saturated carbocycles. The largest absolute Gasteiger partial charge is 0.452 e. The third-order valence-corrected chi connectivity index (χ3v) is 5.65. The number of esters is 1. The van der Waals surface area contributed by atoms with E-state index in [1.165, 1.54) is 0 Å². The van der Waals surface area contributed by atoms with Gasteiger partial charge in [-0.05, 0) is 50.0 Å². The van der Waals surface area contributed by atoms with E-state index in [0.717, 1.165) is 30.4 Å². The molecule has 20 heavy (non-hydrogen) atoms. The predicted octanol–water partition coefficient (Wildman–Crippen LogP) is 0.667. The Morgan fingerprint density at radius 1 is 1.30 bits per heavy atom. The number of aliphatic hydroxyl groups is 3. The number of carbonyl (C=O) groups is 1. The molecule has 0 aromatic heterocycles. The Labute approximate surface area is 118 Å². The maximum Gasteiger partial charge on any atom is 0.344 e. The molecule has 0 bridgehead atoms. The van der Waals surface area contributed by atoms with Crippen LogP contribution in [0.5, 0.6) is 0 Å². The second kappa shape index (κ2) is 4.06. The first-order chi connectivity index (χ1) is 9.28. The lowest BCUT2D eigenvalue weighted by Gasteiger charge is -2.50. The monoisotopic (exact) mass is 282 g/mol. The average Bonchev–Trinajstić information content (AvgIpc) is 2.60. The summed E-state index contributed by atoms with van der Waals surface area (Å²) in [5.74, 6) is -0.914. The van der Waals surface area contributed by atoms with Gasteiger partial charge in [-0.2, -0.15) is 0 Å². The van der Waals surface area contributed by atoms with Crippen LogP contribution in [-0.4, -0.2) is 45.2 Å². The number of hydrogen-bond acceptors (Lipinski definition) is 5. The Kier molecular flexibility index (Phi) is 2.85. The van der Waals surface area contributed by atoms with E-state index < -0.39 is 29.9 Å². The van der Waals surface area contributed by atoms with E-state index in [4.69, 9.17) is 4.74 Å². The summed E-state index contributed by atoms with van der Waals surface area (Å²) in [7, 11) is 0. The summed E-state index contributed by atoms with van der Waals surface area (Å²) in [6.45, 7) is 3.32. The zero-order chi connectivity index (χ0) is 14.8. The van der Waals surface area contributed by atoms with Gasteiger partial charge in [0.2, 0.25) is 5.60 Å². The van der Waals surface area contributed by atoms with Gasteiger partial charge in [-0.3, -0.25) is 0 Å². The van der Waals surface area contributed by atoms with E-state index in [1.54, 1.807) is 0 Å². The van der Waals surface area contributed by atoms with Gasteiger partial charge in [0.05, 0.1) is 6.61 Å². The molecule has 5 nitrogen and oxygen atoms in total. The van der Waals surface area contributed by atoms with E-state index in [9.17, 15) is 20.1 Å². The van der Waals surface area contributed by atoms with Gasteiger partial charge in [-0.15, -0.1) is 0 Å². The normalized spacial score (nSPS) is 47.9. The first kappa shape index (κ1) is 14.0.